The highest BCUT2D eigenvalue weighted by atomic mass is 16.5. The first-order chi connectivity index (χ1) is 24.3. The molecule has 1 heterocycles. The standard InChI is InChI=1S/C48H30O/c1-2-14-31(15-3-1)32-16-12-17-33(30-32)34-18-4-5-20-36(34)46-38-21-6-8-23-40(38)47(41-24-9-7-22-39(41)46)43-28-29-45-48-37(25-13-26-42(43)48)35-19-10-11-27-44(35)49-45/h1-30H. The van der Waals surface area contributed by atoms with E-state index in [1.165, 1.54) is 82.4 Å². The predicted octanol–water partition coefficient (Wildman–Crippen LogP) is 13.6. The maximum atomic E-state index is 6.48. The second-order valence-electron chi connectivity index (χ2n) is 12.8. The molecule has 0 atom stereocenters. The van der Waals surface area contributed by atoms with E-state index < -0.39 is 0 Å². The molecule has 0 amide bonds. The van der Waals surface area contributed by atoms with Gasteiger partial charge in [-0.1, -0.05) is 158 Å². The number of para-hydroxylation sites is 1. The number of ether oxygens (including phenoxy) is 1. The highest BCUT2D eigenvalue weighted by molar-refractivity contribution is 6.25. The minimum atomic E-state index is 0.906. The minimum absolute atomic E-state index is 0.906. The summed E-state index contributed by atoms with van der Waals surface area (Å²) in [6.07, 6.45) is 0. The van der Waals surface area contributed by atoms with Gasteiger partial charge in [-0.3, -0.25) is 0 Å². The molecule has 1 aliphatic heterocycles. The van der Waals surface area contributed by atoms with Gasteiger partial charge in [-0.2, -0.15) is 0 Å². The van der Waals surface area contributed by atoms with Crippen LogP contribution in [0, 0.1) is 0 Å². The van der Waals surface area contributed by atoms with E-state index in [1.807, 2.05) is 6.07 Å². The summed E-state index contributed by atoms with van der Waals surface area (Å²) in [5.41, 5.74) is 12.2. The first-order valence-corrected chi connectivity index (χ1v) is 16.9. The molecule has 0 saturated carbocycles. The molecule has 9 aromatic rings. The molecular weight excluding hydrogens is 593 g/mol. The molecule has 0 aromatic heterocycles. The van der Waals surface area contributed by atoms with E-state index in [-0.39, 0.29) is 0 Å². The Hall–Kier alpha value is -6.44. The summed E-state index contributed by atoms with van der Waals surface area (Å²) in [4.78, 5) is 0. The summed E-state index contributed by atoms with van der Waals surface area (Å²) < 4.78 is 6.48. The minimum Gasteiger partial charge on any atom is -0.456 e. The monoisotopic (exact) mass is 622 g/mol. The van der Waals surface area contributed by atoms with Crippen molar-refractivity contribution in [3.63, 3.8) is 0 Å². The van der Waals surface area contributed by atoms with Gasteiger partial charge in [0.05, 0.1) is 0 Å². The number of fused-ring (bicyclic) bond motifs is 4. The molecule has 0 fully saturated rings. The molecule has 1 aliphatic rings. The third-order valence-electron chi connectivity index (χ3n) is 10.1. The normalized spacial score (nSPS) is 11.8. The number of benzene rings is 9. The first-order valence-electron chi connectivity index (χ1n) is 16.9. The Balaban J connectivity index is 1.25. The van der Waals surface area contributed by atoms with Gasteiger partial charge in [-0.15, -0.1) is 0 Å². The van der Waals surface area contributed by atoms with Gasteiger partial charge in [0.1, 0.15) is 11.5 Å². The van der Waals surface area contributed by atoms with Gasteiger partial charge >= 0.3 is 0 Å². The largest absolute Gasteiger partial charge is 0.456 e. The molecule has 0 radical (unpaired) electrons. The van der Waals surface area contributed by atoms with Gasteiger partial charge in [0.25, 0.3) is 0 Å². The number of hydrogen-bond acceptors (Lipinski definition) is 1. The quantitative estimate of drug-likeness (QED) is 0.177. The van der Waals surface area contributed by atoms with Crippen molar-refractivity contribution in [3.8, 4) is 67.1 Å². The molecule has 0 saturated heterocycles. The Labute approximate surface area is 285 Å². The van der Waals surface area contributed by atoms with Crippen LogP contribution in [0.4, 0.5) is 0 Å². The lowest BCUT2D eigenvalue weighted by Crippen LogP contribution is -1.98. The Kier molecular flexibility index (Phi) is 6.25. The van der Waals surface area contributed by atoms with Crippen molar-refractivity contribution in [3.05, 3.63) is 182 Å². The van der Waals surface area contributed by atoms with Gasteiger partial charge in [-0.25, -0.2) is 0 Å². The molecule has 49 heavy (non-hydrogen) atoms. The van der Waals surface area contributed by atoms with Gasteiger partial charge in [0.15, 0.2) is 0 Å². The Bertz CT molecular complexity index is 2680. The summed E-state index contributed by atoms with van der Waals surface area (Å²) in [7, 11) is 0. The summed E-state index contributed by atoms with van der Waals surface area (Å²) in [6, 6.07) is 65.7. The fourth-order valence-electron chi connectivity index (χ4n) is 7.96. The lowest BCUT2D eigenvalue weighted by molar-refractivity contribution is 0.487. The van der Waals surface area contributed by atoms with Crippen LogP contribution in [0.5, 0.6) is 11.5 Å². The van der Waals surface area contributed by atoms with Crippen LogP contribution < -0.4 is 4.74 Å². The van der Waals surface area contributed by atoms with Crippen LogP contribution in [0.25, 0.3) is 88.0 Å². The SMILES string of the molecule is c1ccc(-c2cccc(-c3ccccc3-c3c4ccccc4c(-c4ccc5c6c(cccc46)-c4ccccc4O5)c4ccccc34)c2)cc1. The summed E-state index contributed by atoms with van der Waals surface area (Å²) in [5, 5.41) is 7.32. The van der Waals surface area contributed by atoms with Crippen LogP contribution in [0.15, 0.2) is 182 Å². The van der Waals surface area contributed by atoms with Crippen LogP contribution in [-0.2, 0) is 0 Å². The Morgan fingerprint density at radius 1 is 0.265 bits per heavy atom. The fourth-order valence-corrected chi connectivity index (χ4v) is 7.96. The summed E-state index contributed by atoms with van der Waals surface area (Å²) >= 11 is 0. The molecule has 228 valence electrons. The molecule has 9 aromatic carbocycles. The van der Waals surface area contributed by atoms with Crippen LogP contribution in [0.1, 0.15) is 0 Å². The zero-order valence-corrected chi connectivity index (χ0v) is 26.7. The lowest BCUT2D eigenvalue weighted by atomic mass is 9.82. The average molecular weight is 623 g/mol. The van der Waals surface area contributed by atoms with Gasteiger partial charge in [0.2, 0.25) is 0 Å². The van der Waals surface area contributed by atoms with Crippen LogP contribution in [-0.4, -0.2) is 0 Å². The van der Waals surface area contributed by atoms with Crippen molar-refractivity contribution in [2.45, 2.75) is 0 Å². The van der Waals surface area contributed by atoms with E-state index in [2.05, 4.69) is 176 Å². The number of hydrogen-bond donors (Lipinski definition) is 0. The topological polar surface area (TPSA) is 9.23 Å². The maximum Gasteiger partial charge on any atom is 0.135 e. The zero-order chi connectivity index (χ0) is 32.3. The van der Waals surface area contributed by atoms with Crippen LogP contribution in [0.3, 0.4) is 0 Å². The molecule has 0 unspecified atom stereocenters. The van der Waals surface area contributed by atoms with Gasteiger partial charge < -0.3 is 4.74 Å². The molecule has 0 N–H and O–H groups in total. The van der Waals surface area contributed by atoms with Crippen molar-refractivity contribution in [1.82, 2.24) is 0 Å². The Morgan fingerprint density at radius 2 is 0.776 bits per heavy atom. The van der Waals surface area contributed by atoms with Crippen molar-refractivity contribution in [1.29, 1.82) is 0 Å². The molecule has 0 aliphatic carbocycles. The molecule has 1 nitrogen and oxygen atoms in total. The van der Waals surface area contributed by atoms with Gasteiger partial charge in [0, 0.05) is 10.9 Å². The third kappa shape index (κ3) is 4.33. The van der Waals surface area contributed by atoms with Crippen molar-refractivity contribution < 1.29 is 4.74 Å². The van der Waals surface area contributed by atoms with Crippen molar-refractivity contribution >= 4 is 32.3 Å². The van der Waals surface area contributed by atoms with E-state index in [0.717, 1.165) is 17.1 Å². The van der Waals surface area contributed by atoms with E-state index in [9.17, 15) is 0 Å². The highest BCUT2D eigenvalue weighted by Crippen LogP contribution is 2.51. The lowest BCUT2D eigenvalue weighted by Gasteiger charge is -2.24. The average Bonchev–Trinajstić information content (AvgIpc) is 3.18. The first kappa shape index (κ1) is 27.7. The summed E-state index contributed by atoms with van der Waals surface area (Å²) in [5.74, 6) is 1.81. The third-order valence-corrected chi connectivity index (χ3v) is 10.1. The second kappa shape index (κ2) is 11.1. The summed E-state index contributed by atoms with van der Waals surface area (Å²) in [6.45, 7) is 0. The van der Waals surface area contributed by atoms with E-state index >= 15 is 0 Å². The van der Waals surface area contributed by atoms with Crippen molar-refractivity contribution in [2.75, 3.05) is 0 Å². The molecular formula is C48H30O. The molecule has 0 spiro atoms. The van der Waals surface area contributed by atoms with Gasteiger partial charge in [-0.05, 0) is 101 Å². The van der Waals surface area contributed by atoms with E-state index in [0.29, 0.717) is 0 Å². The Morgan fingerprint density at radius 3 is 1.51 bits per heavy atom. The van der Waals surface area contributed by atoms with Crippen LogP contribution in [0.2, 0.25) is 0 Å². The molecule has 0 bridgehead atoms. The second-order valence-corrected chi connectivity index (χ2v) is 12.8. The van der Waals surface area contributed by atoms with Crippen LogP contribution >= 0.6 is 0 Å². The highest BCUT2D eigenvalue weighted by Gasteiger charge is 2.24. The number of rotatable bonds is 4. The molecule has 1 heteroatoms. The smallest absolute Gasteiger partial charge is 0.135 e. The van der Waals surface area contributed by atoms with Crippen molar-refractivity contribution in [2.24, 2.45) is 0 Å². The van der Waals surface area contributed by atoms with E-state index in [4.69, 9.17) is 4.74 Å². The van der Waals surface area contributed by atoms with E-state index in [1.54, 1.807) is 0 Å². The predicted molar refractivity (Wildman–Crippen MR) is 206 cm³/mol. The zero-order valence-electron chi connectivity index (χ0n) is 26.7. The fraction of sp³-hybridized carbons (Fsp3) is 0. The molecule has 10 rings (SSSR count). The maximum absolute atomic E-state index is 6.48.